The second-order valence-electron chi connectivity index (χ2n) is 8.32. The quantitative estimate of drug-likeness (QED) is 0.426. The van der Waals surface area contributed by atoms with E-state index in [2.05, 4.69) is 0 Å². The molecule has 1 aliphatic rings. The van der Waals surface area contributed by atoms with Gasteiger partial charge in [-0.05, 0) is 48.9 Å². The normalized spacial score (nSPS) is 17.0. The van der Waals surface area contributed by atoms with Gasteiger partial charge >= 0.3 is 0 Å². The van der Waals surface area contributed by atoms with Crippen molar-refractivity contribution in [2.45, 2.75) is 12.3 Å². The van der Waals surface area contributed by atoms with Crippen LogP contribution >= 0.6 is 0 Å². The highest BCUT2D eigenvalue weighted by atomic mass is 32.2. The van der Waals surface area contributed by atoms with E-state index in [1.165, 1.54) is 4.68 Å². The van der Waals surface area contributed by atoms with Crippen LogP contribution in [0, 0.1) is 6.92 Å². The molecule has 1 unspecified atom stereocenters. The number of amides is 1. The van der Waals surface area contributed by atoms with Crippen molar-refractivity contribution in [3.63, 3.8) is 0 Å². The van der Waals surface area contributed by atoms with E-state index < -0.39 is 32.4 Å². The largest absolute Gasteiger partial charge is 0.457 e. The molecule has 0 N–H and O–H groups in total. The fraction of sp³-hybridized carbons (Fsp3) is 0.154. The van der Waals surface area contributed by atoms with Gasteiger partial charge in [-0.2, -0.15) is 0 Å². The standard InChI is InChI=1S/C26H23N3O5S/c1-18-24(25(31)29(27(18)2)20-11-5-3-6-12-20)28-23(30)17-35(32,33)26(28)19-10-9-15-22(16-19)34-21-13-7-4-8-14-21/h3-16,26H,17H2,1-2H3. The summed E-state index contributed by atoms with van der Waals surface area (Å²) >= 11 is 0. The fourth-order valence-electron chi connectivity index (χ4n) is 4.40. The minimum Gasteiger partial charge on any atom is -0.457 e. The Morgan fingerprint density at radius 1 is 0.857 bits per heavy atom. The molecule has 0 aliphatic carbocycles. The van der Waals surface area contributed by atoms with Gasteiger partial charge in [0, 0.05) is 7.05 Å². The molecule has 1 fully saturated rings. The first-order valence-corrected chi connectivity index (χ1v) is 12.7. The lowest BCUT2D eigenvalue weighted by Gasteiger charge is -2.23. The van der Waals surface area contributed by atoms with E-state index in [-0.39, 0.29) is 5.69 Å². The van der Waals surface area contributed by atoms with Crippen LogP contribution in [-0.4, -0.2) is 29.4 Å². The lowest BCUT2D eigenvalue weighted by atomic mass is 10.2. The molecule has 0 spiro atoms. The van der Waals surface area contributed by atoms with E-state index in [9.17, 15) is 18.0 Å². The zero-order chi connectivity index (χ0) is 24.7. The van der Waals surface area contributed by atoms with Gasteiger partial charge in [0.15, 0.2) is 15.2 Å². The number of sulfone groups is 1. The molecule has 0 radical (unpaired) electrons. The van der Waals surface area contributed by atoms with E-state index >= 15 is 0 Å². The number of hydrogen-bond donors (Lipinski definition) is 0. The molecule has 1 saturated heterocycles. The second-order valence-corrected chi connectivity index (χ2v) is 10.4. The maximum absolute atomic E-state index is 13.6. The summed E-state index contributed by atoms with van der Waals surface area (Å²) in [5.41, 5.74) is 1.01. The molecule has 1 amide bonds. The zero-order valence-electron chi connectivity index (χ0n) is 19.2. The maximum Gasteiger partial charge on any atom is 0.295 e. The first-order chi connectivity index (χ1) is 16.8. The number of ether oxygens (including phenoxy) is 1. The lowest BCUT2D eigenvalue weighted by Crippen LogP contribution is -2.34. The smallest absolute Gasteiger partial charge is 0.295 e. The Balaban J connectivity index is 1.63. The molecule has 178 valence electrons. The summed E-state index contributed by atoms with van der Waals surface area (Å²) in [6, 6.07) is 24.7. The van der Waals surface area contributed by atoms with Crippen LogP contribution in [0.25, 0.3) is 5.69 Å². The van der Waals surface area contributed by atoms with Crippen molar-refractivity contribution in [2.75, 3.05) is 10.7 Å². The van der Waals surface area contributed by atoms with Crippen molar-refractivity contribution >= 4 is 21.4 Å². The van der Waals surface area contributed by atoms with Gasteiger partial charge in [0.1, 0.15) is 22.9 Å². The first kappa shape index (κ1) is 22.7. The molecule has 1 aromatic heterocycles. The van der Waals surface area contributed by atoms with Gasteiger partial charge in [-0.1, -0.05) is 48.5 Å². The molecule has 1 atom stereocenters. The van der Waals surface area contributed by atoms with E-state index in [1.807, 2.05) is 24.3 Å². The third-order valence-corrected chi connectivity index (χ3v) is 7.87. The van der Waals surface area contributed by atoms with E-state index in [0.717, 1.165) is 4.90 Å². The van der Waals surface area contributed by atoms with Crippen LogP contribution in [-0.2, 0) is 21.7 Å². The zero-order valence-corrected chi connectivity index (χ0v) is 20.0. The van der Waals surface area contributed by atoms with Crippen LogP contribution in [0.2, 0.25) is 0 Å². The minimum atomic E-state index is -3.91. The molecule has 1 aliphatic heterocycles. The predicted molar refractivity (Wildman–Crippen MR) is 133 cm³/mol. The monoisotopic (exact) mass is 489 g/mol. The van der Waals surface area contributed by atoms with Gasteiger partial charge in [0.2, 0.25) is 5.91 Å². The molecular formula is C26H23N3O5S. The van der Waals surface area contributed by atoms with Crippen LogP contribution in [0.3, 0.4) is 0 Å². The fourth-order valence-corrected chi connectivity index (χ4v) is 6.14. The Morgan fingerprint density at radius 2 is 1.49 bits per heavy atom. The number of anilines is 1. The molecule has 3 aromatic carbocycles. The first-order valence-electron chi connectivity index (χ1n) is 11.0. The van der Waals surface area contributed by atoms with Crippen molar-refractivity contribution in [1.29, 1.82) is 0 Å². The number of carbonyl (C=O) groups is 1. The summed E-state index contributed by atoms with van der Waals surface area (Å²) in [6.07, 6.45) is 0. The van der Waals surface area contributed by atoms with E-state index in [0.29, 0.717) is 28.4 Å². The third kappa shape index (κ3) is 3.93. The molecule has 8 nitrogen and oxygen atoms in total. The highest BCUT2D eigenvalue weighted by molar-refractivity contribution is 7.93. The maximum atomic E-state index is 13.6. The van der Waals surface area contributed by atoms with E-state index in [4.69, 9.17) is 4.74 Å². The highest BCUT2D eigenvalue weighted by Crippen LogP contribution is 2.39. The molecule has 9 heteroatoms. The van der Waals surface area contributed by atoms with Gasteiger partial charge in [0.25, 0.3) is 5.56 Å². The van der Waals surface area contributed by atoms with Gasteiger partial charge in [0.05, 0.1) is 11.4 Å². The number of nitrogens with zero attached hydrogens (tertiary/aromatic N) is 3. The Bertz CT molecular complexity index is 1570. The van der Waals surface area contributed by atoms with Crippen molar-refractivity contribution in [2.24, 2.45) is 7.05 Å². The molecule has 2 heterocycles. The lowest BCUT2D eigenvalue weighted by molar-refractivity contribution is -0.115. The van der Waals surface area contributed by atoms with Crippen molar-refractivity contribution in [1.82, 2.24) is 9.36 Å². The van der Waals surface area contributed by atoms with Crippen LogP contribution in [0.15, 0.2) is 89.7 Å². The summed E-state index contributed by atoms with van der Waals surface area (Å²) < 4.78 is 35.3. The average molecular weight is 490 g/mol. The van der Waals surface area contributed by atoms with Crippen LogP contribution in [0.4, 0.5) is 5.69 Å². The van der Waals surface area contributed by atoms with Gasteiger partial charge in [-0.3, -0.25) is 19.2 Å². The number of aromatic nitrogens is 2. The Hall–Kier alpha value is -4.11. The minimum absolute atomic E-state index is 0.0433. The van der Waals surface area contributed by atoms with E-state index in [1.54, 1.807) is 79.3 Å². The van der Waals surface area contributed by atoms with Crippen LogP contribution in [0.5, 0.6) is 11.5 Å². The molecule has 0 saturated carbocycles. The van der Waals surface area contributed by atoms with Gasteiger partial charge < -0.3 is 4.74 Å². The topological polar surface area (TPSA) is 90.6 Å². The van der Waals surface area contributed by atoms with Crippen LogP contribution in [0.1, 0.15) is 16.6 Å². The molecule has 0 bridgehead atoms. The summed E-state index contributed by atoms with van der Waals surface area (Å²) in [6.45, 7) is 1.69. The Labute approximate surface area is 202 Å². The number of rotatable bonds is 5. The average Bonchev–Trinajstić information content (AvgIpc) is 3.21. The summed E-state index contributed by atoms with van der Waals surface area (Å²) in [4.78, 5) is 27.8. The second kappa shape index (κ2) is 8.59. The van der Waals surface area contributed by atoms with Crippen LogP contribution < -0.4 is 15.2 Å². The molecular weight excluding hydrogens is 466 g/mol. The van der Waals surface area contributed by atoms with Crippen molar-refractivity contribution < 1.29 is 17.9 Å². The van der Waals surface area contributed by atoms with Gasteiger partial charge in [-0.25, -0.2) is 13.1 Å². The van der Waals surface area contributed by atoms with Crippen molar-refractivity contribution in [3.8, 4) is 17.2 Å². The number of benzene rings is 3. The summed E-state index contributed by atoms with van der Waals surface area (Å²) in [5.74, 6) is -0.304. The van der Waals surface area contributed by atoms with Gasteiger partial charge in [-0.15, -0.1) is 0 Å². The predicted octanol–water partition coefficient (Wildman–Crippen LogP) is 3.74. The highest BCUT2D eigenvalue weighted by Gasteiger charge is 2.48. The molecule has 4 aromatic rings. The number of para-hydroxylation sites is 2. The SMILES string of the molecule is Cc1c(N2C(=O)CS(=O)(=O)C2c2cccc(Oc3ccccc3)c2)c(=O)n(-c2ccccc2)n1C. The number of carbonyl (C=O) groups excluding carboxylic acids is 1. The molecule has 35 heavy (non-hydrogen) atoms. The third-order valence-electron chi connectivity index (χ3n) is 6.05. The summed E-state index contributed by atoms with van der Waals surface area (Å²) in [7, 11) is -2.21. The molecule has 5 rings (SSSR count). The van der Waals surface area contributed by atoms with Crippen molar-refractivity contribution in [3.05, 3.63) is 107 Å². The Kier molecular flexibility index (Phi) is 5.56. The summed E-state index contributed by atoms with van der Waals surface area (Å²) in [5, 5.41) is -1.34. The Morgan fingerprint density at radius 3 is 2.17 bits per heavy atom. The number of hydrogen-bond acceptors (Lipinski definition) is 5.